The maximum atomic E-state index is 8.85. The van der Waals surface area contributed by atoms with Gasteiger partial charge in [0.05, 0.1) is 0 Å². The standard InChI is InChI=1S/C15H28O/c16-12-4-5-13-8-10-15(11-9-13)14-6-2-1-3-7-14/h13-16H,1-12H2. The smallest absolute Gasteiger partial charge is 0.0431 e. The molecular weight excluding hydrogens is 196 g/mol. The molecule has 0 unspecified atom stereocenters. The minimum atomic E-state index is 0.391. The van der Waals surface area contributed by atoms with E-state index in [9.17, 15) is 0 Å². The third-order valence-corrected chi connectivity index (χ3v) is 4.98. The fraction of sp³-hybridized carbons (Fsp3) is 1.00. The van der Waals surface area contributed by atoms with Crippen LogP contribution >= 0.6 is 0 Å². The Balaban J connectivity index is 1.67. The minimum Gasteiger partial charge on any atom is -0.396 e. The van der Waals surface area contributed by atoms with Crippen LogP contribution in [0.1, 0.15) is 70.6 Å². The third-order valence-electron chi connectivity index (χ3n) is 4.98. The summed E-state index contributed by atoms with van der Waals surface area (Å²) in [6.07, 6.45) is 15.7. The van der Waals surface area contributed by atoms with Gasteiger partial charge in [0.1, 0.15) is 0 Å². The fourth-order valence-electron chi connectivity index (χ4n) is 3.93. The normalized spacial score (nSPS) is 32.8. The van der Waals surface area contributed by atoms with Crippen LogP contribution in [-0.2, 0) is 0 Å². The van der Waals surface area contributed by atoms with Gasteiger partial charge in [-0.15, -0.1) is 0 Å². The van der Waals surface area contributed by atoms with Crippen molar-refractivity contribution in [1.29, 1.82) is 0 Å². The molecule has 0 spiro atoms. The Morgan fingerprint density at radius 1 is 0.750 bits per heavy atom. The number of aliphatic hydroxyl groups excluding tert-OH is 1. The van der Waals surface area contributed by atoms with E-state index in [2.05, 4.69) is 0 Å². The molecule has 2 saturated carbocycles. The number of aliphatic hydroxyl groups is 1. The molecule has 1 heteroatoms. The average Bonchev–Trinajstić information content (AvgIpc) is 2.38. The van der Waals surface area contributed by atoms with Crippen molar-refractivity contribution in [1.82, 2.24) is 0 Å². The molecule has 1 nitrogen and oxygen atoms in total. The molecule has 0 saturated heterocycles. The van der Waals surface area contributed by atoms with Crippen LogP contribution in [0, 0.1) is 17.8 Å². The molecule has 0 aromatic heterocycles. The van der Waals surface area contributed by atoms with Gasteiger partial charge in [-0.1, -0.05) is 44.9 Å². The van der Waals surface area contributed by atoms with Gasteiger partial charge >= 0.3 is 0 Å². The lowest BCUT2D eigenvalue weighted by Gasteiger charge is -2.35. The molecule has 16 heavy (non-hydrogen) atoms. The largest absolute Gasteiger partial charge is 0.396 e. The van der Waals surface area contributed by atoms with E-state index in [1.807, 2.05) is 0 Å². The highest BCUT2D eigenvalue weighted by molar-refractivity contribution is 4.79. The summed E-state index contributed by atoms with van der Waals surface area (Å²) < 4.78 is 0. The van der Waals surface area contributed by atoms with Gasteiger partial charge in [-0.2, -0.15) is 0 Å². The molecule has 1 N–H and O–H groups in total. The second-order valence-electron chi connectivity index (χ2n) is 6.04. The molecule has 0 aliphatic heterocycles. The Morgan fingerprint density at radius 3 is 2.00 bits per heavy atom. The van der Waals surface area contributed by atoms with Crippen LogP contribution in [-0.4, -0.2) is 11.7 Å². The van der Waals surface area contributed by atoms with Gasteiger partial charge in [-0.25, -0.2) is 0 Å². The first-order valence-electron chi connectivity index (χ1n) is 7.51. The first kappa shape index (κ1) is 12.4. The molecule has 2 aliphatic rings. The Labute approximate surface area is 101 Å². The molecule has 0 aromatic rings. The van der Waals surface area contributed by atoms with Gasteiger partial charge in [0.25, 0.3) is 0 Å². The lowest BCUT2D eigenvalue weighted by Crippen LogP contribution is -2.23. The molecule has 2 aliphatic carbocycles. The Kier molecular flexibility index (Phi) is 5.15. The number of hydrogen-bond acceptors (Lipinski definition) is 1. The maximum Gasteiger partial charge on any atom is 0.0431 e. The van der Waals surface area contributed by atoms with E-state index in [1.165, 1.54) is 64.2 Å². The lowest BCUT2D eigenvalue weighted by molar-refractivity contribution is 0.158. The third kappa shape index (κ3) is 3.48. The summed E-state index contributed by atoms with van der Waals surface area (Å²) in [5.41, 5.74) is 0. The molecule has 0 atom stereocenters. The highest BCUT2D eigenvalue weighted by Crippen LogP contribution is 2.40. The summed E-state index contributed by atoms with van der Waals surface area (Å²) in [4.78, 5) is 0. The van der Waals surface area contributed by atoms with Crippen LogP contribution in [0.25, 0.3) is 0 Å². The van der Waals surface area contributed by atoms with Crippen molar-refractivity contribution in [2.45, 2.75) is 70.6 Å². The summed E-state index contributed by atoms with van der Waals surface area (Å²) in [7, 11) is 0. The highest BCUT2D eigenvalue weighted by Gasteiger charge is 2.28. The van der Waals surface area contributed by atoms with Crippen LogP contribution in [0.15, 0.2) is 0 Å². The minimum absolute atomic E-state index is 0.391. The first-order chi connectivity index (χ1) is 7.90. The molecular formula is C15H28O. The number of hydrogen-bond donors (Lipinski definition) is 1. The van der Waals surface area contributed by atoms with Gasteiger partial charge in [0, 0.05) is 6.61 Å². The zero-order valence-corrected chi connectivity index (χ0v) is 10.7. The van der Waals surface area contributed by atoms with Crippen molar-refractivity contribution in [3.63, 3.8) is 0 Å². The van der Waals surface area contributed by atoms with E-state index >= 15 is 0 Å². The molecule has 94 valence electrons. The van der Waals surface area contributed by atoms with Gasteiger partial charge in [-0.05, 0) is 43.4 Å². The van der Waals surface area contributed by atoms with Gasteiger partial charge in [0.2, 0.25) is 0 Å². The summed E-state index contributed by atoms with van der Waals surface area (Å²) in [6, 6.07) is 0. The van der Waals surface area contributed by atoms with Crippen molar-refractivity contribution in [2.75, 3.05) is 6.61 Å². The molecule has 2 rings (SSSR count). The topological polar surface area (TPSA) is 20.2 Å². The molecule has 0 bridgehead atoms. The zero-order chi connectivity index (χ0) is 11.2. The van der Waals surface area contributed by atoms with Gasteiger partial charge < -0.3 is 5.11 Å². The summed E-state index contributed by atoms with van der Waals surface area (Å²) in [6.45, 7) is 0.391. The summed E-state index contributed by atoms with van der Waals surface area (Å²) in [5, 5.41) is 8.85. The van der Waals surface area contributed by atoms with E-state index in [4.69, 9.17) is 5.11 Å². The van der Waals surface area contributed by atoms with Crippen LogP contribution in [0.5, 0.6) is 0 Å². The Hall–Kier alpha value is -0.0400. The molecule has 0 radical (unpaired) electrons. The van der Waals surface area contributed by atoms with E-state index in [0.717, 1.165) is 24.2 Å². The van der Waals surface area contributed by atoms with Crippen LogP contribution < -0.4 is 0 Å². The average molecular weight is 224 g/mol. The second kappa shape index (κ2) is 6.64. The fourth-order valence-corrected chi connectivity index (χ4v) is 3.93. The SMILES string of the molecule is OCCCC1CCC(C2CCCCC2)CC1. The second-order valence-corrected chi connectivity index (χ2v) is 6.04. The van der Waals surface area contributed by atoms with Crippen molar-refractivity contribution in [3.8, 4) is 0 Å². The van der Waals surface area contributed by atoms with Crippen molar-refractivity contribution in [3.05, 3.63) is 0 Å². The van der Waals surface area contributed by atoms with Gasteiger partial charge in [-0.3, -0.25) is 0 Å². The van der Waals surface area contributed by atoms with Crippen molar-refractivity contribution >= 4 is 0 Å². The van der Waals surface area contributed by atoms with Crippen LogP contribution in [0.4, 0.5) is 0 Å². The molecule has 0 heterocycles. The van der Waals surface area contributed by atoms with Gasteiger partial charge in [0.15, 0.2) is 0 Å². The van der Waals surface area contributed by atoms with E-state index in [1.54, 1.807) is 0 Å². The van der Waals surface area contributed by atoms with Crippen LogP contribution in [0.2, 0.25) is 0 Å². The van der Waals surface area contributed by atoms with E-state index in [0.29, 0.717) is 6.61 Å². The highest BCUT2D eigenvalue weighted by atomic mass is 16.2. The lowest BCUT2D eigenvalue weighted by atomic mass is 9.70. The first-order valence-corrected chi connectivity index (χ1v) is 7.51. The quantitative estimate of drug-likeness (QED) is 0.760. The van der Waals surface area contributed by atoms with Crippen molar-refractivity contribution < 1.29 is 5.11 Å². The molecule has 0 aromatic carbocycles. The van der Waals surface area contributed by atoms with E-state index < -0.39 is 0 Å². The summed E-state index contributed by atoms with van der Waals surface area (Å²) in [5.74, 6) is 3.07. The van der Waals surface area contributed by atoms with E-state index in [-0.39, 0.29) is 0 Å². The number of rotatable bonds is 4. The molecule has 0 amide bonds. The predicted octanol–water partition coefficient (Wildman–Crippen LogP) is 4.15. The maximum absolute atomic E-state index is 8.85. The van der Waals surface area contributed by atoms with Crippen LogP contribution in [0.3, 0.4) is 0 Å². The Morgan fingerprint density at radius 2 is 1.38 bits per heavy atom. The van der Waals surface area contributed by atoms with Crippen molar-refractivity contribution in [2.24, 2.45) is 17.8 Å². The predicted molar refractivity (Wildman–Crippen MR) is 68.3 cm³/mol. The monoisotopic (exact) mass is 224 g/mol. The zero-order valence-electron chi connectivity index (χ0n) is 10.7. The summed E-state index contributed by atoms with van der Waals surface area (Å²) >= 11 is 0. The molecule has 2 fully saturated rings. The Bertz CT molecular complexity index is 176.